The topological polar surface area (TPSA) is 60.4 Å². The molecule has 4 nitrogen and oxygen atoms in total. The lowest BCUT2D eigenvalue weighted by molar-refractivity contribution is -0.189. The smallest absolute Gasteiger partial charge is 0.303 e. The van der Waals surface area contributed by atoms with E-state index in [-0.39, 0.29) is 17.2 Å². The van der Waals surface area contributed by atoms with Crippen molar-refractivity contribution in [2.75, 3.05) is 0 Å². The fourth-order valence-corrected chi connectivity index (χ4v) is 7.81. The minimum Gasteiger partial charge on any atom is -0.451 e. The number of carbonyl (C=O) groups excluding carboxylic acids is 3. The average molecular weight is 373 g/mol. The van der Waals surface area contributed by atoms with E-state index in [1.165, 1.54) is 12.5 Å². The molecule has 0 heterocycles. The van der Waals surface area contributed by atoms with Crippen molar-refractivity contribution in [1.82, 2.24) is 0 Å². The third-order valence-corrected chi connectivity index (χ3v) is 8.60. The summed E-state index contributed by atoms with van der Waals surface area (Å²) < 4.78 is 5.84. The Kier molecular flexibility index (Phi) is 4.40. The molecule has 0 aromatic carbocycles. The summed E-state index contributed by atoms with van der Waals surface area (Å²) in [6, 6.07) is 0. The van der Waals surface area contributed by atoms with Crippen LogP contribution in [0.5, 0.6) is 0 Å². The van der Waals surface area contributed by atoms with E-state index >= 15 is 0 Å². The lowest BCUT2D eigenvalue weighted by atomic mass is 9.47. The predicted octanol–water partition coefficient (Wildman–Crippen LogP) is 4.27. The summed E-state index contributed by atoms with van der Waals surface area (Å²) in [6.07, 6.45) is 8.24. The Bertz CT molecular complexity index is 722. The third kappa shape index (κ3) is 2.58. The van der Waals surface area contributed by atoms with Crippen LogP contribution in [-0.2, 0) is 19.1 Å². The van der Waals surface area contributed by atoms with E-state index in [1.807, 2.05) is 6.08 Å². The molecule has 0 aliphatic heterocycles. The molecule has 0 saturated heterocycles. The highest BCUT2D eigenvalue weighted by Gasteiger charge is 2.67. The molecule has 3 fully saturated rings. The van der Waals surface area contributed by atoms with Gasteiger partial charge in [-0.25, -0.2) is 0 Å². The Hall–Kier alpha value is -1.45. The Morgan fingerprint density at radius 2 is 1.89 bits per heavy atom. The Morgan fingerprint density at radius 3 is 2.56 bits per heavy atom. The van der Waals surface area contributed by atoms with Crippen LogP contribution in [0, 0.1) is 35.0 Å². The predicted molar refractivity (Wildman–Crippen MR) is 102 cm³/mol. The van der Waals surface area contributed by atoms with Gasteiger partial charge in [-0.15, -0.1) is 0 Å². The van der Waals surface area contributed by atoms with Crippen molar-refractivity contribution in [3.8, 4) is 0 Å². The summed E-state index contributed by atoms with van der Waals surface area (Å²) in [5.41, 5.74) is 0.136. The maximum atomic E-state index is 12.8. The molecule has 4 aliphatic rings. The van der Waals surface area contributed by atoms with Gasteiger partial charge in [0, 0.05) is 18.8 Å². The first kappa shape index (κ1) is 18.9. The van der Waals surface area contributed by atoms with Crippen LogP contribution in [0.1, 0.15) is 72.6 Å². The van der Waals surface area contributed by atoms with Gasteiger partial charge in [0.05, 0.1) is 0 Å². The Morgan fingerprint density at radius 1 is 1.15 bits per heavy atom. The van der Waals surface area contributed by atoms with Crippen LogP contribution >= 0.6 is 0 Å². The monoisotopic (exact) mass is 372 g/mol. The number of Topliss-reactive ketones (excluding diaryl/α,β-unsaturated/α-hetero) is 1. The summed E-state index contributed by atoms with van der Waals surface area (Å²) in [4.78, 5) is 36.6. The van der Waals surface area contributed by atoms with Crippen LogP contribution in [0.15, 0.2) is 11.6 Å². The van der Waals surface area contributed by atoms with Crippen LogP contribution in [0.25, 0.3) is 0 Å². The molecule has 0 amide bonds. The largest absolute Gasteiger partial charge is 0.451 e. The number of ether oxygens (including phenoxy) is 1. The molecule has 0 bridgehead atoms. The molecule has 0 aromatic rings. The number of fused-ring (bicyclic) bond motifs is 5. The Labute approximate surface area is 162 Å². The molecule has 0 unspecified atom stereocenters. The van der Waals surface area contributed by atoms with E-state index < -0.39 is 5.60 Å². The quantitative estimate of drug-likeness (QED) is 0.679. The Balaban J connectivity index is 1.71. The van der Waals surface area contributed by atoms with E-state index in [9.17, 15) is 14.4 Å². The number of hydrogen-bond acceptors (Lipinski definition) is 4. The number of esters is 1. The van der Waals surface area contributed by atoms with Crippen molar-refractivity contribution >= 4 is 17.5 Å². The minimum absolute atomic E-state index is 0.00741. The number of hydrogen-bond donors (Lipinski definition) is 0. The summed E-state index contributed by atoms with van der Waals surface area (Å²) in [5.74, 6) is 2.52. The van der Waals surface area contributed by atoms with Crippen molar-refractivity contribution in [3.05, 3.63) is 11.6 Å². The van der Waals surface area contributed by atoms with Crippen molar-refractivity contribution in [2.45, 2.75) is 78.2 Å². The van der Waals surface area contributed by atoms with Crippen LogP contribution in [-0.4, -0.2) is 23.1 Å². The summed E-state index contributed by atoms with van der Waals surface area (Å²) in [5, 5.41) is 0. The van der Waals surface area contributed by atoms with Crippen LogP contribution in [0.3, 0.4) is 0 Å². The molecule has 4 heteroatoms. The number of rotatable bonds is 2. The molecule has 148 valence electrons. The third-order valence-electron chi connectivity index (χ3n) is 8.60. The van der Waals surface area contributed by atoms with E-state index in [1.54, 1.807) is 6.92 Å². The highest BCUT2D eigenvalue weighted by molar-refractivity contribution is 5.91. The standard InChI is InChI=1S/C23H32O4/c1-13-12-22(4)20(9-10-23(22,14(2)24)27-15(3)25)19-7-5-16-11-17(26)6-8-18(16)21(13)19/h11,13,18-21H,5-10,12H2,1-4H3/t13-,18+,19-,20-,21+,22+,23-/m0/s1. The zero-order valence-electron chi connectivity index (χ0n) is 17.0. The normalized spacial score (nSPS) is 46.0. The fraction of sp³-hybridized carbons (Fsp3) is 0.783. The molecule has 27 heavy (non-hydrogen) atoms. The molecule has 0 radical (unpaired) electrons. The first-order chi connectivity index (χ1) is 12.7. The second-order valence-corrected chi connectivity index (χ2v) is 9.83. The van der Waals surface area contributed by atoms with Gasteiger partial charge in [-0.1, -0.05) is 19.4 Å². The van der Waals surface area contributed by atoms with Gasteiger partial charge in [0.25, 0.3) is 0 Å². The fourth-order valence-electron chi connectivity index (χ4n) is 7.81. The number of carbonyl (C=O) groups is 3. The summed E-state index contributed by atoms with van der Waals surface area (Å²) >= 11 is 0. The highest BCUT2D eigenvalue weighted by atomic mass is 16.6. The summed E-state index contributed by atoms with van der Waals surface area (Å²) in [6.45, 7) is 7.54. The van der Waals surface area contributed by atoms with Gasteiger partial charge < -0.3 is 4.74 Å². The molecule has 0 aromatic heterocycles. The van der Waals surface area contributed by atoms with Gasteiger partial charge >= 0.3 is 5.97 Å². The maximum Gasteiger partial charge on any atom is 0.303 e. The van der Waals surface area contributed by atoms with Gasteiger partial charge in [-0.3, -0.25) is 14.4 Å². The lowest BCUT2D eigenvalue weighted by Gasteiger charge is -2.58. The van der Waals surface area contributed by atoms with Gasteiger partial charge in [0.15, 0.2) is 17.2 Å². The van der Waals surface area contributed by atoms with E-state index in [2.05, 4.69) is 13.8 Å². The highest BCUT2D eigenvalue weighted by Crippen LogP contribution is 2.67. The SMILES string of the molecule is CC(=O)O[C@]1(C(C)=O)CC[C@H]2[C@@H]3CCC4=CC(=O)CC[C@H]4[C@H]3[C@@H](C)C[C@]21C. The molecule has 3 saturated carbocycles. The van der Waals surface area contributed by atoms with E-state index in [4.69, 9.17) is 4.74 Å². The molecule has 4 aliphatic carbocycles. The van der Waals surface area contributed by atoms with Crippen molar-refractivity contribution in [1.29, 1.82) is 0 Å². The summed E-state index contributed by atoms with van der Waals surface area (Å²) in [7, 11) is 0. The second-order valence-electron chi connectivity index (χ2n) is 9.83. The zero-order chi connectivity index (χ0) is 19.6. The molecule has 0 N–H and O–H groups in total. The van der Waals surface area contributed by atoms with Crippen LogP contribution in [0.4, 0.5) is 0 Å². The van der Waals surface area contributed by atoms with Gasteiger partial charge in [-0.05, 0) is 81.1 Å². The zero-order valence-corrected chi connectivity index (χ0v) is 17.0. The van der Waals surface area contributed by atoms with Crippen molar-refractivity contribution in [3.63, 3.8) is 0 Å². The number of ketones is 2. The lowest BCUT2D eigenvalue weighted by Crippen LogP contribution is -2.59. The van der Waals surface area contributed by atoms with Gasteiger partial charge in [0.1, 0.15) is 0 Å². The van der Waals surface area contributed by atoms with Crippen molar-refractivity contribution in [2.24, 2.45) is 35.0 Å². The first-order valence-electron chi connectivity index (χ1n) is 10.6. The average Bonchev–Trinajstić information content (AvgIpc) is 2.87. The van der Waals surface area contributed by atoms with Crippen LogP contribution < -0.4 is 0 Å². The molecular formula is C23H32O4. The second kappa shape index (κ2) is 6.28. The van der Waals surface area contributed by atoms with Gasteiger partial charge in [0.2, 0.25) is 0 Å². The van der Waals surface area contributed by atoms with E-state index in [0.29, 0.717) is 48.2 Å². The van der Waals surface area contributed by atoms with E-state index in [0.717, 1.165) is 32.1 Å². The van der Waals surface area contributed by atoms with Crippen molar-refractivity contribution < 1.29 is 19.1 Å². The minimum atomic E-state index is -0.957. The molecule has 7 atom stereocenters. The molecule has 0 spiro atoms. The molecular weight excluding hydrogens is 340 g/mol. The molecule has 4 rings (SSSR count). The first-order valence-corrected chi connectivity index (χ1v) is 10.6. The number of allylic oxidation sites excluding steroid dienone is 1. The van der Waals surface area contributed by atoms with Gasteiger partial charge in [-0.2, -0.15) is 0 Å². The maximum absolute atomic E-state index is 12.8. The van der Waals surface area contributed by atoms with Crippen LogP contribution in [0.2, 0.25) is 0 Å².